The molecule has 0 saturated carbocycles. The molecule has 0 aliphatic heterocycles. The summed E-state index contributed by atoms with van der Waals surface area (Å²) < 4.78 is 15.1. The Balaban J connectivity index is 1.30. The number of fused-ring (bicyclic) bond motifs is 5. The van der Waals surface area contributed by atoms with Crippen LogP contribution in [-0.2, 0) is 4.57 Å². The summed E-state index contributed by atoms with van der Waals surface area (Å²) in [5.41, 5.74) is 6.38. The van der Waals surface area contributed by atoms with E-state index in [1.807, 2.05) is 85.2 Å². The van der Waals surface area contributed by atoms with E-state index in [-0.39, 0.29) is 0 Å². The van der Waals surface area contributed by atoms with Gasteiger partial charge >= 0.3 is 0 Å². The molecule has 0 amide bonds. The molecule has 0 atom stereocenters. The molecule has 0 aliphatic rings. The monoisotopic (exact) mass is 632 g/mol. The molecule has 0 bridgehead atoms. The molecule has 0 aliphatic carbocycles. The van der Waals surface area contributed by atoms with E-state index >= 15 is 4.57 Å². The van der Waals surface area contributed by atoms with E-state index in [2.05, 4.69) is 91.0 Å². The van der Waals surface area contributed by atoms with Crippen LogP contribution in [0.2, 0.25) is 0 Å². The molecule has 0 N–H and O–H groups in total. The van der Waals surface area contributed by atoms with Gasteiger partial charge in [0.2, 0.25) is 0 Å². The minimum absolute atomic E-state index is 0.817. The highest BCUT2D eigenvalue weighted by atomic mass is 31.2. The van der Waals surface area contributed by atoms with Gasteiger partial charge in [0.1, 0.15) is 0 Å². The van der Waals surface area contributed by atoms with Crippen LogP contribution in [0.4, 0.5) is 0 Å². The lowest BCUT2D eigenvalue weighted by atomic mass is 9.84. The zero-order valence-corrected chi connectivity index (χ0v) is 26.9. The van der Waals surface area contributed by atoms with Gasteiger partial charge in [-0.1, -0.05) is 146 Å². The van der Waals surface area contributed by atoms with Gasteiger partial charge in [0, 0.05) is 39.1 Å². The Labute approximate surface area is 278 Å². The first-order valence-corrected chi connectivity index (χ1v) is 17.8. The molecule has 0 fully saturated rings. The van der Waals surface area contributed by atoms with Gasteiger partial charge in [-0.2, -0.15) is 0 Å². The van der Waals surface area contributed by atoms with Gasteiger partial charge in [0.05, 0.1) is 11.0 Å². The molecule has 0 radical (unpaired) electrons. The number of rotatable bonds is 5. The van der Waals surface area contributed by atoms with Gasteiger partial charge in [-0.3, -0.25) is 9.97 Å². The summed E-state index contributed by atoms with van der Waals surface area (Å²) in [5, 5.41) is 9.28. The van der Waals surface area contributed by atoms with Crippen molar-refractivity contribution < 1.29 is 4.57 Å². The molecule has 2 heterocycles. The molecule has 0 spiro atoms. The van der Waals surface area contributed by atoms with Crippen LogP contribution in [-0.4, -0.2) is 9.97 Å². The van der Waals surface area contributed by atoms with Gasteiger partial charge in [-0.05, 0) is 62.0 Å². The standard InChI is InChI=1S/C44H29N2OP/c47-48(32-14-3-1-4-15-32,33-16-5-2-6-17-33)34-25-23-30(24-26-34)41-35-18-7-9-20-37(35)42(38-21-10-8-19-36(38)41)40-29-31-13-11-27-45-43(31)44-39(40)22-12-28-46-44/h1-29H. The smallest absolute Gasteiger partial charge is 0.171 e. The second-order valence-corrected chi connectivity index (χ2v) is 14.8. The van der Waals surface area contributed by atoms with Crippen LogP contribution < -0.4 is 15.9 Å². The lowest BCUT2D eigenvalue weighted by Crippen LogP contribution is -2.24. The van der Waals surface area contributed by atoms with E-state index in [1.165, 1.54) is 16.3 Å². The number of pyridine rings is 2. The fourth-order valence-corrected chi connectivity index (χ4v) is 9.92. The van der Waals surface area contributed by atoms with Gasteiger partial charge < -0.3 is 4.57 Å². The van der Waals surface area contributed by atoms with Crippen LogP contribution in [0.3, 0.4) is 0 Å². The van der Waals surface area contributed by atoms with E-state index < -0.39 is 7.14 Å². The van der Waals surface area contributed by atoms with Gasteiger partial charge in [0.15, 0.2) is 7.14 Å². The molecule has 226 valence electrons. The fourth-order valence-electron chi connectivity index (χ4n) is 7.27. The largest absolute Gasteiger partial charge is 0.309 e. The average Bonchev–Trinajstić information content (AvgIpc) is 3.17. The Morgan fingerprint density at radius 3 is 1.44 bits per heavy atom. The molecule has 9 rings (SSSR count). The Bertz CT molecular complexity index is 2590. The molecule has 9 aromatic rings. The highest BCUT2D eigenvalue weighted by molar-refractivity contribution is 7.85. The molecule has 2 aromatic heterocycles. The third-order valence-corrected chi connectivity index (χ3v) is 12.5. The van der Waals surface area contributed by atoms with E-state index in [1.54, 1.807) is 0 Å². The number of aromatic nitrogens is 2. The van der Waals surface area contributed by atoms with Gasteiger partial charge in [0.25, 0.3) is 0 Å². The predicted molar refractivity (Wildman–Crippen MR) is 202 cm³/mol. The van der Waals surface area contributed by atoms with Crippen LogP contribution in [0.5, 0.6) is 0 Å². The van der Waals surface area contributed by atoms with Gasteiger partial charge in [-0.25, -0.2) is 0 Å². The van der Waals surface area contributed by atoms with E-state index in [9.17, 15) is 0 Å². The quantitative estimate of drug-likeness (QED) is 0.108. The van der Waals surface area contributed by atoms with Crippen LogP contribution in [0.15, 0.2) is 176 Å². The average molecular weight is 633 g/mol. The highest BCUT2D eigenvalue weighted by Gasteiger charge is 2.29. The summed E-state index contributed by atoms with van der Waals surface area (Å²) in [6.45, 7) is 0. The SMILES string of the molecule is O=P(c1ccccc1)(c1ccccc1)c1ccc(-c2c3ccccc3c(-c3cc4cccnc4c4ncccc34)c3ccccc23)cc1. The van der Waals surface area contributed by atoms with Crippen molar-refractivity contribution in [2.75, 3.05) is 0 Å². The Morgan fingerprint density at radius 1 is 0.396 bits per heavy atom. The Kier molecular flexibility index (Phi) is 6.74. The van der Waals surface area contributed by atoms with Crippen LogP contribution in [0.1, 0.15) is 0 Å². The normalized spacial score (nSPS) is 11.8. The molecule has 7 aromatic carbocycles. The number of nitrogens with zero attached hydrogens (tertiary/aromatic N) is 2. The zero-order valence-electron chi connectivity index (χ0n) is 26.0. The molecule has 48 heavy (non-hydrogen) atoms. The van der Waals surface area contributed by atoms with Crippen molar-refractivity contribution in [1.82, 2.24) is 9.97 Å². The topological polar surface area (TPSA) is 42.9 Å². The number of hydrogen-bond acceptors (Lipinski definition) is 3. The lowest BCUT2D eigenvalue weighted by Gasteiger charge is -2.21. The highest BCUT2D eigenvalue weighted by Crippen LogP contribution is 2.47. The number of benzene rings is 7. The Morgan fingerprint density at radius 2 is 0.854 bits per heavy atom. The minimum Gasteiger partial charge on any atom is -0.309 e. The third kappa shape index (κ3) is 4.40. The van der Waals surface area contributed by atoms with Crippen LogP contribution in [0, 0.1) is 0 Å². The third-order valence-electron chi connectivity index (χ3n) is 9.42. The first kappa shape index (κ1) is 28.3. The van der Waals surface area contributed by atoms with Crippen molar-refractivity contribution in [2.24, 2.45) is 0 Å². The molecule has 4 heteroatoms. The summed E-state index contributed by atoms with van der Waals surface area (Å²) in [7, 11) is -3.09. The maximum absolute atomic E-state index is 15.1. The van der Waals surface area contributed by atoms with Crippen molar-refractivity contribution in [1.29, 1.82) is 0 Å². The zero-order chi connectivity index (χ0) is 32.1. The van der Waals surface area contributed by atoms with Crippen molar-refractivity contribution in [3.05, 3.63) is 176 Å². The summed E-state index contributed by atoms with van der Waals surface area (Å²) in [5.74, 6) is 0. The predicted octanol–water partition coefficient (Wildman–Crippen LogP) is 10.1. The minimum atomic E-state index is -3.09. The second kappa shape index (κ2) is 11.4. The fraction of sp³-hybridized carbons (Fsp3) is 0. The molecule has 3 nitrogen and oxygen atoms in total. The van der Waals surface area contributed by atoms with E-state index in [0.717, 1.165) is 65.2 Å². The van der Waals surface area contributed by atoms with Crippen LogP contribution in [0.25, 0.3) is 65.6 Å². The first-order valence-electron chi connectivity index (χ1n) is 16.1. The lowest BCUT2D eigenvalue weighted by molar-refractivity contribution is 0.592. The van der Waals surface area contributed by atoms with Crippen LogP contribution >= 0.6 is 7.14 Å². The summed E-state index contributed by atoms with van der Waals surface area (Å²) >= 11 is 0. The molecule has 0 saturated heterocycles. The van der Waals surface area contributed by atoms with Crippen molar-refractivity contribution in [3.8, 4) is 22.3 Å². The van der Waals surface area contributed by atoms with E-state index in [4.69, 9.17) is 9.97 Å². The summed E-state index contributed by atoms with van der Waals surface area (Å²) in [6, 6.07) is 56.0. The maximum atomic E-state index is 15.1. The molecular weight excluding hydrogens is 603 g/mol. The van der Waals surface area contributed by atoms with Crippen molar-refractivity contribution in [2.45, 2.75) is 0 Å². The van der Waals surface area contributed by atoms with Gasteiger partial charge in [-0.15, -0.1) is 0 Å². The van der Waals surface area contributed by atoms with Crippen molar-refractivity contribution in [3.63, 3.8) is 0 Å². The molecule has 0 unspecified atom stereocenters. The second-order valence-electron chi connectivity index (χ2n) is 12.1. The van der Waals surface area contributed by atoms with Crippen molar-refractivity contribution >= 4 is 66.4 Å². The Hall–Kier alpha value is -5.89. The summed E-state index contributed by atoms with van der Waals surface area (Å²) in [4.78, 5) is 9.51. The molecular formula is C44H29N2OP. The first-order chi connectivity index (χ1) is 23.7. The maximum Gasteiger partial charge on any atom is 0.171 e. The van der Waals surface area contributed by atoms with E-state index in [0.29, 0.717) is 0 Å². The number of hydrogen-bond donors (Lipinski definition) is 0. The summed E-state index contributed by atoms with van der Waals surface area (Å²) in [6.07, 6.45) is 3.68.